The average molecular weight is 435 g/mol. The van der Waals surface area contributed by atoms with Gasteiger partial charge in [-0.1, -0.05) is 31.5 Å². The summed E-state index contributed by atoms with van der Waals surface area (Å²) in [5.74, 6) is -0.613. The van der Waals surface area contributed by atoms with Gasteiger partial charge in [-0.05, 0) is 35.6 Å². The summed E-state index contributed by atoms with van der Waals surface area (Å²) < 4.78 is 65.1. The molecule has 0 unspecified atom stereocenters. The summed E-state index contributed by atoms with van der Waals surface area (Å²) in [6.45, 7) is 0.615. The number of sulfonamides is 1. The van der Waals surface area contributed by atoms with Crippen LogP contribution in [0.25, 0.3) is 0 Å². The predicted octanol–water partition coefficient (Wildman–Crippen LogP) is 4.28. The Kier molecular flexibility index (Phi) is 7.48. The zero-order valence-corrected chi connectivity index (χ0v) is 16.8. The van der Waals surface area contributed by atoms with E-state index in [4.69, 9.17) is 0 Å². The number of carbonyl (C=O) groups is 1. The third kappa shape index (κ3) is 6.83. The third-order valence-electron chi connectivity index (χ3n) is 3.83. The molecule has 2 rings (SSSR count). The van der Waals surface area contributed by atoms with Gasteiger partial charge in [0.05, 0.1) is 6.42 Å². The smallest absolute Gasteiger partial charge is 0.333 e. The van der Waals surface area contributed by atoms with E-state index >= 15 is 0 Å². The zero-order valence-electron chi connectivity index (χ0n) is 15.2. The van der Waals surface area contributed by atoms with Crippen molar-refractivity contribution in [2.75, 3.05) is 17.8 Å². The fourth-order valence-corrected chi connectivity index (χ4v) is 4.51. The SMILES string of the molecule is CCCCN(CC(F)(F)F)C(=O)Cc1ccc(NS(=O)(=O)c2cccs2)cc1. The molecule has 0 aliphatic rings. The summed E-state index contributed by atoms with van der Waals surface area (Å²) in [4.78, 5) is 13.1. The van der Waals surface area contributed by atoms with Crippen molar-refractivity contribution in [1.82, 2.24) is 4.90 Å². The van der Waals surface area contributed by atoms with Crippen LogP contribution >= 0.6 is 11.3 Å². The molecule has 1 N–H and O–H groups in total. The Morgan fingerprint density at radius 3 is 2.39 bits per heavy atom. The van der Waals surface area contributed by atoms with Gasteiger partial charge in [0, 0.05) is 12.2 Å². The number of alkyl halides is 3. The van der Waals surface area contributed by atoms with Crippen LogP contribution in [0.1, 0.15) is 25.3 Å². The zero-order chi connectivity index (χ0) is 20.8. The van der Waals surface area contributed by atoms with Gasteiger partial charge in [-0.25, -0.2) is 8.42 Å². The number of anilines is 1. The van der Waals surface area contributed by atoms with E-state index < -0.39 is 28.7 Å². The molecule has 1 aromatic heterocycles. The molecule has 28 heavy (non-hydrogen) atoms. The topological polar surface area (TPSA) is 66.5 Å². The molecule has 0 saturated carbocycles. The maximum atomic E-state index is 12.7. The molecular formula is C18H21F3N2O3S2. The highest BCUT2D eigenvalue weighted by Crippen LogP contribution is 2.21. The molecule has 0 atom stereocenters. The highest BCUT2D eigenvalue weighted by atomic mass is 32.2. The normalized spacial score (nSPS) is 12.0. The number of halogens is 3. The molecular weight excluding hydrogens is 413 g/mol. The minimum atomic E-state index is -4.45. The lowest BCUT2D eigenvalue weighted by Gasteiger charge is -2.24. The number of rotatable bonds is 9. The summed E-state index contributed by atoms with van der Waals surface area (Å²) in [6.07, 6.45) is -3.46. The minimum absolute atomic E-state index is 0.0491. The summed E-state index contributed by atoms with van der Waals surface area (Å²) in [5.41, 5.74) is 0.815. The van der Waals surface area contributed by atoms with Gasteiger partial charge >= 0.3 is 6.18 Å². The molecule has 0 radical (unpaired) electrons. The number of hydrogen-bond donors (Lipinski definition) is 1. The van der Waals surface area contributed by atoms with Crippen LogP contribution in [0.3, 0.4) is 0 Å². The average Bonchev–Trinajstić information content (AvgIpc) is 3.14. The monoisotopic (exact) mass is 434 g/mol. The molecule has 1 heterocycles. The van der Waals surface area contributed by atoms with Gasteiger partial charge in [-0.2, -0.15) is 13.2 Å². The van der Waals surface area contributed by atoms with E-state index in [0.717, 1.165) is 16.2 Å². The Morgan fingerprint density at radius 1 is 1.18 bits per heavy atom. The number of hydrogen-bond acceptors (Lipinski definition) is 4. The first-order valence-electron chi connectivity index (χ1n) is 8.60. The number of amides is 1. The van der Waals surface area contributed by atoms with Gasteiger partial charge in [-0.15, -0.1) is 11.3 Å². The van der Waals surface area contributed by atoms with Crippen LogP contribution in [0.15, 0.2) is 46.0 Å². The van der Waals surface area contributed by atoms with Crippen molar-refractivity contribution in [3.63, 3.8) is 0 Å². The number of thiophene rings is 1. The van der Waals surface area contributed by atoms with E-state index in [-0.39, 0.29) is 17.2 Å². The van der Waals surface area contributed by atoms with Crippen LogP contribution in [0.4, 0.5) is 18.9 Å². The summed E-state index contributed by atoms with van der Waals surface area (Å²) in [5, 5.41) is 1.65. The maximum absolute atomic E-state index is 12.7. The van der Waals surface area contributed by atoms with Crippen LogP contribution in [0.5, 0.6) is 0 Å². The summed E-state index contributed by atoms with van der Waals surface area (Å²) in [7, 11) is -3.68. The first-order chi connectivity index (χ1) is 13.1. The molecule has 0 aliphatic heterocycles. The van der Waals surface area contributed by atoms with Crippen LogP contribution < -0.4 is 4.72 Å². The van der Waals surface area contributed by atoms with Crippen molar-refractivity contribution in [2.24, 2.45) is 0 Å². The van der Waals surface area contributed by atoms with Crippen LogP contribution in [0.2, 0.25) is 0 Å². The highest BCUT2D eigenvalue weighted by molar-refractivity contribution is 7.94. The number of nitrogens with zero attached hydrogens (tertiary/aromatic N) is 1. The molecule has 2 aromatic rings. The standard InChI is InChI=1S/C18H21F3N2O3S2/c1-2-3-10-23(13-18(19,20)21)16(24)12-14-6-8-15(9-7-14)22-28(25,26)17-5-4-11-27-17/h4-9,11,22H,2-3,10,12-13H2,1H3. The fraction of sp³-hybridized carbons (Fsp3) is 0.389. The first-order valence-corrected chi connectivity index (χ1v) is 11.0. The maximum Gasteiger partial charge on any atom is 0.406 e. The number of unbranched alkanes of at least 4 members (excludes halogenated alkanes) is 1. The lowest BCUT2D eigenvalue weighted by Crippen LogP contribution is -2.40. The molecule has 5 nitrogen and oxygen atoms in total. The van der Waals surface area contributed by atoms with E-state index in [0.29, 0.717) is 24.1 Å². The molecule has 0 spiro atoms. The van der Waals surface area contributed by atoms with E-state index in [1.165, 1.54) is 30.3 Å². The van der Waals surface area contributed by atoms with Crippen molar-refractivity contribution in [1.29, 1.82) is 0 Å². The second-order valence-electron chi connectivity index (χ2n) is 6.20. The lowest BCUT2D eigenvalue weighted by molar-refractivity contribution is -0.160. The van der Waals surface area contributed by atoms with E-state index in [2.05, 4.69) is 4.72 Å². The molecule has 0 saturated heterocycles. The Balaban J connectivity index is 2.03. The van der Waals surface area contributed by atoms with Crippen LogP contribution in [0, 0.1) is 0 Å². The summed E-state index contributed by atoms with van der Waals surface area (Å²) >= 11 is 1.08. The van der Waals surface area contributed by atoms with Gasteiger partial charge in [0.1, 0.15) is 10.8 Å². The largest absolute Gasteiger partial charge is 0.406 e. The second-order valence-corrected chi connectivity index (χ2v) is 9.05. The number of benzene rings is 1. The Hall–Kier alpha value is -2.07. The highest BCUT2D eigenvalue weighted by Gasteiger charge is 2.32. The molecule has 154 valence electrons. The number of nitrogens with one attached hydrogen (secondary N) is 1. The molecule has 0 fully saturated rings. The van der Waals surface area contributed by atoms with Gasteiger partial charge < -0.3 is 4.90 Å². The predicted molar refractivity (Wildman–Crippen MR) is 103 cm³/mol. The van der Waals surface area contributed by atoms with Gasteiger partial charge in [0.2, 0.25) is 5.91 Å². The van der Waals surface area contributed by atoms with E-state index in [1.807, 2.05) is 6.92 Å². The molecule has 0 bridgehead atoms. The van der Waals surface area contributed by atoms with Crippen molar-refractivity contribution in [3.8, 4) is 0 Å². The quantitative estimate of drug-likeness (QED) is 0.641. The second kappa shape index (κ2) is 9.42. The van der Waals surface area contributed by atoms with Crippen molar-refractivity contribution < 1.29 is 26.4 Å². The van der Waals surface area contributed by atoms with Crippen molar-refractivity contribution in [3.05, 3.63) is 47.3 Å². The van der Waals surface area contributed by atoms with Gasteiger partial charge in [0.25, 0.3) is 10.0 Å². The van der Waals surface area contributed by atoms with Gasteiger partial charge in [-0.3, -0.25) is 9.52 Å². The first kappa shape index (κ1) is 22.2. The minimum Gasteiger partial charge on any atom is -0.333 e. The molecule has 1 amide bonds. The third-order valence-corrected chi connectivity index (χ3v) is 6.60. The Labute approximate surface area is 166 Å². The Morgan fingerprint density at radius 2 is 1.86 bits per heavy atom. The van der Waals surface area contributed by atoms with Crippen LogP contribution in [-0.2, 0) is 21.2 Å². The van der Waals surface area contributed by atoms with Crippen molar-refractivity contribution in [2.45, 2.75) is 36.6 Å². The van der Waals surface area contributed by atoms with Gasteiger partial charge in [0.15, 0.2) is 0 Å². The van der Waals surface area contributed by atoms with Crippen molar-refractivity contribution >= 4 is 33.0 Å². The fourth-order valence-electron chi connectivity index (χ4n) is 2.46. The molecule has 10 heteroatoms. The summed E-state index contributed by atoms with van der Waals surface area (Å²) in [6, 6.07) is 9.11. The van der Waals surface area contributed by atoms with E-state index in [1.54, 1.807) is 11.4 Å². The molecule has 0 aliphatic carbocycles. The van der Waals surface area contributed by atoms with Crippen LogP contribution in [-0.4, -0.2) is 38.5 Å². The Bertz CT molecular complexity index is 864. The number of carbonyl (C=O) groups excluding carboxylic acids is 1. The van der Waals surface area contributed by atoms with E-state index in [9.17, 15) is 26.4 Å². The lowest BCUT2D eigenvalue weighted by atomic mass is 10.1. The molecule has 1 aromatic carbocycles.